The third-order valence-corrected chi connectivity index (χ3v) is 3.00. The SMILES string of the molecule is CCOCCOC(=O)c1ccc(NC(=O)C2CC2)cc1. The van der Waals surface area contributed by atoms with Crippen molar-refractivity contribution in [2.45, 2.75) is 19.8 Å². The highest BCUT2D eigenvalue weighted by atomic mass is 16.6. The summed E-state index contributed by atoms with van der Waals surface area (Å²) >= 11 is 0. The average molecular weight is 277 g/mol. The van der Waals surface area contributed by atoms with Gasteiger partial charge in [0.15, 0.2) is 0 Å². The molecule has 0 radical (unpaired) electrons. The molecule has 0 bridgehead atoms. The van der Waals surface area contributed by atoms with Crippen molar-refractivity contribution in [3.63, 3.8) is 0 Å². The van der Waals surface area contributed by atoms with Gasteiger partial charge in [-0.15, -0.1) is 0 Å². The molecule has 1 N–H and O–H groups in total. The molecule has 1 aromatic rings. The maximum atomic E-state index is 11.7. The first kappa shape index (κ1) is 14.5. The highest BCUT2D eigenvalue weighted by Crippen LogP contribution is 2.30. The van der Waals surface area contributed by atoms with Crippen molar-refractivity contribution >= 4 is 17.6 Å². The zero-order valence-corrected chi connectivity index (χ0v) is 11.6. The van der Waals surface area contributed by atoms with Gasteiger partial charge in [-0.25, -0.2) is 4.79 Å². The molecule has 1 saturated carbocycles. The van der Waals surface area contributed by atoms with E-state index in [9.17, 15) is 9.59 Å². The Bertz CT molecular complexity index is 465. The van der Waals surface area contributed by atoms with Crippen LogP contribution >= 0.6 is 0 Å². The van der Waals surface area contributed by atoms with Crippen molar-refractivity contribution in [3.8, 4) is 0 Å². The summed E-state index contributed by atoms with van der Waals surface area (Å²) in [4.78, 5) is 23.3. The number of amides is 1. The number of carbonyl (C=O) groups is 2. The number of anilines is 1. The van der Waals surface area contributed by atoms with Crippen LogP contribution in [0.5, 0.6) is 0 Å². The number of nitrogens with one attached hydrogen (secondary N) is 1. The maximum Gasteiger partial charge on any atom is 0.338 e. The second kappa shape index (κ2) is 7.05. The van der Waals surface area contributed by atoms with E-state index in [1.54, 1.807) is 24.3 Å². The first-order chi connectivity index (χ1) is 9.70. The van der Waals surface area contributed by atoms with E-state index in [2.05, 4.69) is 5.32 Å². The second-order valence-electron chi connectivity index (χ2n) is 4.67. The molecule has 20 heavy (non-hydrogen) atoms. The number of rotatable bonds is 7. The quantitative estimate of drug-likeness (QED) is 0.613. The van der Waals surface area contributed by atoms with Crippen LogP contribution in [0.4, 0.5) is 5.69 Å². The lowest BCUT2D eigenvalue weighted by Crippen LogP contribution is -2.14. The standard InChI is InChI=1S/C15H19NO4/c1-2-19-9-10-20-15(18)12-5-7-13(8-6-12)16-14(17)11-3-4-11/h5-8,11H,2-4,9-10H2,1H3,(H,16,17). The number of esters is 1. The fraction of sp³-hybridized carbons (Fsp3) is 0.467. The van der Waals surface area contributed by atoms with Crippen LogP contribution in [0.15, 0.2) is 24.3 Å². The molecule has 0 spiro atoms. The predicted molar refractivity (Wildman–Crippen MR) is 74.6 cm³/mol. The van der Waals surface area contributed by atoms with Crippen LogP contribution in [0.25, 0.3) is 0 Å². The van der Waals surface area contributed by atoms with E-state index >= 15 is 0 Å². The van der Waals surface area contributed by atoms with E-state index in [0.717, 1.165) is 12.8 Å². The Labute approximate surface area is 118 Å². The highest BCUT2D eigenvalue weighted by molar-refractivity contribution is 5.95. The van der Waals surface area contributed by atoms with Crippen molar-refractivity contribution in [3.05, 3.63) is 29.8 Å². The largest absolute Gasteiger partial charge is 0.460 e. The lowest BCUT2D eigenvalue weighted by Gasteiger charge is -2.07. The van der Waals surface area contributed by atoms with Gasteiger partial charge in [0.25, 0.3) is 0 Å². The van der Waals surface area contributed by atoms with Gasteiger partial charge in [0.1, 0.15) is 6.61 Å². The molecule has 0 atom stereocenters. The molecule has 0 saturated heterocycles. The van der Waals surface area contributed by atoms with Gasteiger partial charge < -0.3 is 14.8 Å². The normalized spacial score (nSPS) is 13.8. The molecule has 0 unspecified atom stereocenters. The van der Waals surface area contributed by atoms with Crippen molar-refractivity contribution in [1.82, 2.24) is 0 Å². The third-order valence-electron chi connectivity index (χ3n) is 3.00. The van der Waals surface area contributed by atoms with Gasteiger partial charge in [0, 0.05) is 18.2 Å². The van der Waals surface area contributed by atoms with Gasteiger partial charge in [-0.3, -0.25) is 4.79 Å². The maximum absolute atomic E-state index is 11.7. The molecule has 1 aromatic carbocycles. The Morgan fingerprint density at radius 3 is 2.50 bits per heavy atom. The summed E-state index contributed by atoms with van der Waals surface area (Å²) in [7, 11) is 0. The smallest absolute Gasteiger partial charge is 0.338 e. The molecule has 1 aliphatic rings. The van der Waals surface area contributed by atoms with Crippen molar-refractivity contribution in [1.29, 1.82) is 0 Å². The fourth-order valence-electron chi connectivity index (χ4n) is 1.70. The summed E-state index contributed by atoms with van der Waals surface area (Å²) in [5.41, 5.74) is 1.17. The van der Waals surface area contributed by atoms with Crippen molar-refractivity contribution in [2.75, 3.05) is 25.1 Å². The zero-order valence-electron chi connectivity index (χ0n) is 11.6. The minimum Gasteiger partial charge on any atom is -0.460 e. The minimum absolute atomic E-state index is 0.0528. The highest BCUT2D eigenvalue weighted by Gasteiger charge is 2.29. The monoisotopic (exact) mass is 277 g/mol. The van der Waals surface area contributed by atoms with Crippen LogP contribution in [0, 0.1) is 5.92 Å². The molecular weight excluding hydrogens is 258 g/mol. The summed E-state index contributed by atoms with van der Waals surface area (Å²) in [6.07, 6.45) is 1.94. The Balaban J connectivity index is 1.80. The molecule has 0 aromatic heterocycles. The van der Waals surface area contributed by atoms with E-state index in [1.807, 2.05) is 6.92 Å². The number of hydrogen-bond donors (Lipinski definition) is 1. The fourth-order valence-corrected chi connectivity index (χ4v) is 1.70. The summed E-state index contributed by atoms with van der Waals surface area (Å²) in [5.74, 6) is -0.167. The summed E-state index contributed by atoms with van der Waals surface area (Å²) in [6.45, 7) is 3.13. The molecular formula is C15H19NO4. The second-order valence-corrected chi connectivity index (χ2v) is 4.67. The minimum atomic E-state index is -0.384. The number of benzene rings is 1. The summed E-state index contributed by atoms with van der Waals surface area (Å²) in [6, 6.07) is 6.70. The topological polar surface area (TPSA) is 64.6 Å². The van der Waals surface area contributed by atoms with E-state index < -0.39 is 0 Å². The molecule has 1 aliphatic carbocycles. The third kappa shape index (κ3) is 4.35. The lowest BCUT2D eigenvalue weighted by molar-refractivity contribution is -0.117. The number of hydrogen-bond acceptors (Lipinski definition) is 4. The average Bonchev–Trinajstić information content (AvgIpc) is 3.29. The van der Waals surface area contributed by atoms with Gasteiger partial charge in [0.2, 0.25) is 5.91 Å². The van der Waals surface area contributed by atoms with Gasteiger partial charge in [-0.05, 0) is 44.0 Å². The Morgan fingerprint density at radius 2 is 1.90 bits per heavy atom. The Morgan fingerprint density at radius 1 is 1.20 bits per heavy atom. The van der Waals surface area contributed by atoms with Crippen molar-refractivity contribution < 1.29 is 19.1 Å². The van der Waals surface area contributed by atoms with Gasteiger partial charge in [0.05, 0.1) is 12.2 Å². The number of carbonyl (C=O) groups excluding carboxylic acids is 2. The zero-order chi connectivity index (χ0) is 14.4. The molecule has 5 heteroatoms. The first-order valence-electron chi connectivity index (χ1n) is 6.86. The van der Waals surface area contributed by atoms with Crippen LogP contribution in [0.1, 0.15) is 30.1 Å². The van der Waals surface area contributed by atoms with Crippen LogP contribution in [0.3, 0.4) is 0 Å². The molecule has 1 fully saturated rings. The van der Waals surface area contributed by atoms with Crippen LogP contribution in [0.2, 0.25) is 0 Å². The van der Waals surface area contributed by atoms with Gasteiger partial charge >= 0.3 is 5.97 Å². The van der Waals surface area contributed by atoms with E-state index in [1.165, 1.54) is 0 Å². The van der Waals surface area contributed by atoms with Crippen LogP contribution in [-0.4, -0.2) is 31.7 Å². The van der Waals surface area contributed by atoms with Gasteiger partial charge in [-0.2, -0.15) is 0 Å². The van der Waals surface area contributed by atoms with Crippen molar-refractivity contribution in [2.24, 2.45) is 5.92 Å². The Hall–Kier alpha value is -1.88. The van der Waals surface area contributed by atoms with E-state index in [0.29, 0.717) is 24.5 Å². The number of ether oxygens (including phenoxy) is 2. The Kier molecular flexibility index (Phi) is 5.12. The summed E-state index contributed by atoms with van der Waals surface area (Å²) in [5, 5.41) is 2.82. The first-order valence-corrected chi connectivity index (χ1v) is 6.86. The summed E-state index contributed by atoms with van der Waals surface area (Å²) < 4.78 is 10.1. The predicted octanol–water partition coefficient (Wildman–Crippen LogP) is 2.23. The van der Waals surface area contributed by atoms with E-state index in [4.69, 9.17) is 9.47 Å². The van der Waals surface area contributed by atoms with Crippen LogP contribution in [-0.2, 0) is 14.3 Å². The molecule has 108 valence electrons. The molecule has 2 rings (SSSR count). The molecule has 5 nitrogen and oxygen atoms in total. The molecule has 0 aliphatic heterocycles. The molecule has 1 amide bonds. The molecule has 0 heterocycles. The lowest BCUT2D eigenvalue weighted by atomic mass is 10.2. The van der Waals surface area contributed by atoms with Gasteiger partial charge in [-0.1, -0.05) is 0 Å². The van der Waals surface area contributed by atoms with Crippen LogP contribution < -0.4 is 5.32 Å². The van der Waals surface area contributed by atoms with E-state index in [-0.39, 0.29) is 24.4 Å².